The van der Waals surface area contributed by atoms with Crippen LogP contribution in [-0.2, 0) is 15.2 Å². The second-order valence-corrected chi connectivity index (χ2v) is 4.06. The van der Waals surface area contributed by atoms with Crippen LogP contribution in [0.5, 0.6) is 0 Å². The van der Waals surface area contributed by atoms with Crippen LogP contribution in [-0.4, -0.2) is 23.3 Å². The summed E-state index contributed by atoms with van der Waals surface area (Å²) in [5, 5.41) is 19.3. The van der Waals surface area contributed by atoms with Crippen molar-refractivity contribution >= 4 is 5.97 Å². The molecule has 0 saturated carbocycles. The predicted octanol–water partition coefficient (Wildman–Crippen LogP) is 2.08. The highest BCUT2D eigenvalue weighted by atomic mass is 19.1. The Hall–Kier alpha value is -1.93. The molecule has 19 heavy (non-hydrogen) atoms. The van der Waals surface area contributed by atoms with Gasteiger partial charge in [-0.25, -0.2) is 9.18 Å². The Kier molecular flexibility index (Phi) is 4.62. The van der Waals surface area contributed by atoms with E-state index in [1.165, 1.54) is 32.0 Å². The van der Waals surface area contributed by atoms with Gasteiger partial charge in [0.2, 0.25) is 0 Å². The largest absolute Gasteiger partial charge is 0.463 e. The number of carbonyl (C=O) groups excluding carboxylic acids is 1. The minimum atomic E-state index is -2.86. The fourth-order valence-corrected chi connectivity index (χ4v) is 1.90. The van der Waals surface area contributed by atoms with Crippen LogP contribution < -0.4 is 0 Å². The van der Waals surface area contributed by atoms with Gasteiger partial charge in [-0.15, -0.1) is 0 Å². The Morgan fingerprint density at radius 2 is 2.00 bits per heavy atom. The number of benzene rings is 1. The quantitative estimate of drug-likeness (QED) is 0.653. The van der Waals surface area contributed by atoms with Gasteiger partial charge in [-0.1, -0.05) is 37.3 Å². The monoisotopic (exact) mass is 265 g/mol. The first-order chi connectivity index (χ1) is 8.96. The lowest BCUT2D eigenvalue weighted by Gasteiger charge is -2.34. The van der Waals surface area contributed by atoms with Gasteiger partial charge in [0.05, 0.1) is 6.61 Å². The third-order valence-corrected chi connectivity index (χ3v) is 3.02. The Labute approximate surface area is 111 Å². The molecule has 0 bridgehead atoms. The molecular weight excluding hydrogens is 249 g/mol. The highest BCUT2D eigenvalue weighted by molar-refractivity contribution is 5.85. The molecule has 1 aromatic rings. The Bertz CT molecular complexity index is 485. The summed E-state index contributed by atoms with van der Waals surface area (Å²) >= 11 is 0. The number of halogens is 1. The number of aliphatic hydroxyl groups is 1. The van der Waals surface area contributed by atoms with E-state index in [1.807, 2.05) is 0 Å². The fraction of sp³-hybridized carbons (Fsp3) is 0.429. The van der Waals surface area contributed by atoms with Crippen LogP contribution in [0.25, 0.3) is 0 Å². The molecule has 0 amide bonds. The SMILES string of the molecule is CCOC(=O)C(O)(C#N)C(F)(CC)c1ccccc1. The first-order valence-corrected chi connectivity index (χ1v) is 6.01. The van der Waals surface area contributed by atoms with E-state index in [0.29, 0.717) is 0 Å². The zero-order chi connectivity index (χ0) is 14.5. The molecule has 1 rings (SSSR count). The van der Waals surface area contributed by atoms with Crippen LogP contribution in [0.4, 0.5) is 4.39 Å². The molecule has 4 nitrogen and oxygen atoms in total. The number of hydrogen-bond acceptors (Lipinski definition) is 4. The molecule has 0 aromatic heterocycles. The van der Waals surface area contributed by atoms with Crippen molar-refractivity contribution in [2.24, 2.45) is 0 Å². The van der Waals surface area contributed by atoms with E-state index >= 15 is 4.39 Å². The summed E-state index contributed by atoms with van der Waals surface area (Å²) in [6, 6.07) is 9.02. The van der Waals surface area contributed by atoms with Gasteiger partial charge in [-0.3, -0.25) is 0 Å². The second kappa shape index (κ2) is 5.81. The lowest BCUT2D eigenvalue weighted by molar-refractivity contribution is -0.175. The predicted molar refractivity (Wildman–Crippen MR) is 66.7 cm³/mol. The smallest absolute Gasteiger partial charge is 0.357 e. The molecule has 0 radical (unpaired) electrons. The standard InChI is InChI=1S/C14H16FNO3/c1-3-13(15,11-8-6-5-7-9-11)14(18,10-16)12(17)19-4-2/h5-9,18H,3-4H2,1-2H3. The van der Waals surface area contributed by atoms with E-state index in [-0.39, 0.29) is 18.6 Å². The normalized spacial score (nSPS) is 16.8. The highest BCUT2D eigenvalue weighted by Gasteiger charge is 2.59. The first-order valence-electron chi connectivity index (χ1n) is 6.01. The maximum Gasteiger partial charge on any atom is 0.357 e. The zero-order valence-electron chi connectivity index (χ0n) is 10.9. The van der Waals surface area contributed by atoms with Crippen molar-refractivity contribution in [2.45, 2.75) is 31.5 Å². The zero-order valence-corrected chi connectivity index (χ0v) is 10.9. The van der Waals surface area contributed by atoms with Crippen molar-refractivity contribution in [1.82, 2.24) is 0 Å². The first kappa shape index (κ1) is 15.1. The summed E-state index contributed by atoms with van der Waals surface area (Å²) in [6.07, 6.45) is -0.236. The molecule has 5 heteroatoms. The van der Waals surface area contributed by atoms with E-state index < -0.39 is 17.2 Å². The molecule has 0 aliphatic rings. The summed E-state index contributed by atoms with van der Waals surface area (Å²) < 4.78 is 19.7. The molecule has 1 aromatic carbocycles. The van der Waals surface area contributed by atoms with Crippen molar-refractivity contribution in [3.63, 3.8) is 0 Å². The van der Waals surface area contributed by atoms with Crippen LogP contribution in [0.2, 0.25) is 0 Å². The van der Waals surface area contributed by atoms with E-state index in [2.05, 4.69) is 4.74 Å². The number of nitrogens with zero attached hydrogens (tertiary/aromatic N) is 1. The molecule has 0 aliphatic heterocycles. The Balaban J connectivity index is 3.34. The van der Waals surface area contributed by atoms with Gasteiger partial charge < -0.3 is 9.84 Å². The highest BCUT2D eigenvalue weighted by Crippen LogP contribution is 2.40. The van der Waals surface area contributed by atoms with Crippen LogP contribution in [0, 0.1) is 11.3 Å². The van der Waals surface area contributed by atoms with E-state index in [9.17, 15) is 9.90 Å². The average molecular weight is 265 g/mol. The van der Waals surface area contributed by atoms with Gasteiger partial charge in [0.25, 0.3) is 5.60 Å². The Morgan fingerprint density at radius 1 is 1.42 bits per heavy atom. The van der Waals surface area contributed by atoms with Crippen molar-refractivity contribution in [3.05, 3.63) is 35.9 Å². The second-order valence-electron chi connectivity index (χ2n) is 4.06. The maximum atomic E-state index is 15.1. The van der Waals surface area contributed by atoms with E-state index in [0.717, 1.165) is 0 Å². The van der Waals surface area contributed by atoms with E-state index in [1.54, 1.807) is 18.2 Å². The number of carbonyl (C=O) groups is 1. The number of rotatable bonds is 5. The average Bonchev–Trinajstić information content (AvgIpc) is 2.46. The third kappa shape index (κ3) is 2.45. The summed E-state index contributed by atoms with van der Waals surface area (Å²) in [4.78, 5) is 11.7. The fourth-order valence-electron chi connectivity index (χ4n) is 1.90. The number of nitriles is 1. The van der Waals surface area contributed by atoms with Gasteiger partial charge in [-0.2, -0.15) is 5.26 Å². The number of alkyl halides is 1. The Morgan fingerprint density at radius 3 is 2.42 bits per heavy atom. The molecular formula is C14H16FNO3. The van der Waals surface area contributed by atoms with Crippen LogP contribution in [0.3, 0.4) is 0 Å². The summed E-state index contributed by atoms with van der Waals surface area (Å²) in [5.74, 6) is -1.27. The van der Waals surface area contributed by atoms with Gasteiger partial charge in [0.1, 0.15) is 6.07 Å². The van der Waals surface area contributed by atoms with Crippen LogP contribution in [0.15, 0.2) is 30.3 Å². The molecule has 2 unspecified atom stereocenters. The summed E-state index contributed by atoms with van der Waals surface area (Å²) in [5.41, 5.74) is -5.32. The minimum absolute atomic E-state index is 0.0442. The maximum absolute atomic E-state index is 15.1. The van der Waals surface area contributed by atoms with Gasteiger partial charge in [-0.05, 0) is 18.9 Å². The minimum Gasteiger partial charge on any atom is -0.463 e. The molecule has 0 spiro atoms. The summed E-state index contributed by atoms with van der Waals surface area (Å²) in [6.45, 7) is 2.93. The van der Waals surface area contributed by atoms with Crippen molar-refractivity contribution in [2.75, 3.05) is 6.61 Å². The molecule has 0 saturated heterocycles. The topological polar surface area (TPSA) is 70.3 Å². The molecule has 0 aliphatic carbocycles. The van der Waals surface area contributed by atoms with Crippen LogP contribution >= 0.6 is 0 Å². The third-order valence-electron chi connectivity index (χ3n) is 3.02. The lowest BCUT2D eigenvalue weighted by atomic mass is 9.78. The molecule has 1 N–H and O–H groups in total. The molecule has 0 heterocycles. The van der Waals surface area contributed by atoms with Crippen molar-refractivity contribution in [3.8, 4) is 6.07 Å². The molecule has 2 atom stereocenters. The molecule has 102 valence electrons. The number of esters is 1. The van der Waals surface area contributed by atoms with Crippen molar-refractivity contribution in [1.29, 1.82) is 5.26 Å². The van der Waals surface area contributed by atoms with Crippen LogP contribution in [0.1, 0.15) is 25.8 Å². The number of ether oxygens (including phenoxy) is 1. The lowest BCUT2D eigenvalue weighted by Crippen LogP contribution is -2.54. The van der Waals surface area contributed by atoms with Gasteiger partial charge >= 0.3 is 5.97 Å². The molecule has 0 fully saturated rings. The van der Waals surface area contributed by atoms with E-state index in [4.69, 9.17) is 5.26 Å². The van der Waals surface area contributed by atoms with Gasteiger partial charge in [0, 0.05) is 0 Å². The van der Waals surface area contributed by atoms with Crippen molar-refractivity contribution < 1.29 is 19.0 Å². The van der Waals surface area contributed by atoms with Gasteiger partial charge in [0.15, 0.2) is 5.67 Å². The summed E-state index contributed by atoms with van der Waals surface area (Å²) in [7, 11) is 0. The number of hydrogen-bond donors (Lipinski definition) is 1.